The first-order valence-electron chi connectivity index (χ1n) is 6.72. The second-order valence-electron chi connectivity index (χ2n) is 5.17. The number of nitrogens with two attached hydrogens (primary N) is 1. The van der Waals surface area contributed by atoms with Gasteiger partial charge < -0.3 is 11.1 Å². The Kier molecular flexibility index (Phi) is 4.11. The van der Waals surface area contributed by atoms with Gasteiger partial charge >= 0.3 is 5.69 Å². The predicted octanol–water partition coefficient (Wildman–Crippen LogP) is 2.87. The maximum absolute atomic E-state index is 11.2. The fourth-order valence-corrected chi connectivity index (χ4v) is 2.12. The van der Waals surface area contributed by atoms with Gasteiger partial charge in [0.05, 0.1) is 4.92 Å². The number of anilines is 2. The van der Waals surface area contributed by atoms with Gasteiger partial charge in [-0.3, -0.25) is 10.1 Å². The zero-order chi connectivity index (χ0) is 15.6. The maximum atomic E-state index is 11.2. The number of aromatic nitrogens is 2. The molecule has 1 aromatic heterocycles. The fourth-order valence-electron chi connectivity index (χ4n) is 2.12. The van der Waals surface area contributed by atoms with E-state index in [2.05, 4.69) is 10.4 Å². The van der Waals surface area contributed by atoms with Crippen LogP contribution in [0.15, 0.2) is 24.3 Å². The highest BCUT2D eigenvalue weighted by atomic mass is 16.6. The molecule has 0 amide bonds. The summed E-state index contributed by atoms with van der Waals surface area (Å²) in [6, 6.07) is 7.41. The van der Waals surface area contributed by atoms with Crippen LogP contribution in [0.5, 0.6) is 0 Å². The SMILES string of the molecule is Cc1nn(C(C)C)c(NCc2ccc(N)cc2)c1[N+](=O)[O-]. The summed E-state index contributed by atoms with van der Waals surface area (Å²) in [5.41, 5.74) is 7.76. The lowest BCUT2D eigenvalue weighted by Crippen LogP contribution is -2.11. The van der Waals surface area contributed by atoms with E-state index in [1.165, 1.54) is 0 Å². The standard InChI is InChI=1S/C14H19N5O2/c1-9(2)18-14(13(19(20)21)10(3)17-18)16-8-11-4-6-12(15)7-5-11/h4-7,9,16H,8,15H2,1-3H3. The van der Waals surface area contributed by atoms with E-state index >= 15 is 0 Å². The van der Waals surface area contributed by atoms with E-state index in [0.717, 1.165) is 5.56 Å². The van der Waals surface area contributed by atoms with Gasteiger partial charge in [-0.15, -0.1) is 0 Å². The molecule has 1 aromatic carbocycles. The summed E-state index contributed by atoms with van der Waals surface area (Å²) in [5, 5.41) is 18.6. The van der Waals surface area contributed by atoms with Crippen molar-refractivity contribution in [1.82, 2.24) is 9.78 Å². The van der Waals surface area contributed by atoms with Crippen molar-refractivity contribution in [2.75, 3.05) is 11.1 Å². The Labute approximate surface area is 122 Å². The van der Waals surface area contributed by atoms with Crippen LogP contribution in [0.4, 0.5) is 17.2 Å². The number of benzene rings is 1. The first kappa shape index (κ1) is 14.8. The number of aryl methyl sites for hydroxylation is 1. The first-order valence-corrected chi connectivity index (χ1v) is 6.72. The largest absolute Gasteiger partial charge is 0.399 e. The van der Waals surface area contributed by atoms with Crippen LogP contribution in [0.25, 0.3) is 0 Å². The highest BCUT2D eigenvalue weighted by Crippen LogP contribution is 2.30. The number of hydrogen-bond acceptors (Lipinski definition) is 5. The number of hydrogen-bond donors (Lipinski definition) is 2. The van der Waals surface area contributed by atoms with Gasteiger partial charge in [0.25, 0.3) is 0 Å². The minimum Gasteiger partial charge on any atom is -0.399 e. The average molecular weight is 289 g/mol. The number of nitrogens with zero attached hydrogens (tertiary/aromatic N) is 3. The molecule has 0 spiro atoms. The molecule has 0 aliphatic heterocycles. The van der Waals surface area contributed by atoms with Crippen molar-refractivity contribution in [2.24, 2.45) is 0 Å². The Balaban J connectivity index is 2.29. The van der Waals surface area contributed by atoms with Gasteiger partial charge in [-0.25, -0.2) is 4.68 Å². The minimum atomic E-state index is -0.396. The summed E-state index contributed by atoms with van der Waals surface area (Å²) in [4.78, 5) is 10.8. The van der Waals surface area contributed by atoms with Crippen molar-refractivity contribution in [3.05, 3.63) is 45.6 Å². The average Bonchev–Trinajstić information content (AvgIpc) is 2.75. The van der Waals surface area contributed by atoms with Gasteiger partial charge in [0.15, 0.2) is 0 Å². The fraction of sp³-hybridized carbons (Fsp3) is 0.357. The van der Waals surface area contributed by atoms with E-state index in [-0.39, 0.29) is 11.7 Å². The quantitative estimate of drug-likeness (QED) is 0.501. The van der Waals surface area contributed by atoms with Crippen LogP contribution in [-0.4, -0.2) is 14.7 Å². The van der Waals surface area contributed by atoms with Crippen molar-refractivity contribution in [3.8, 4) is 0 Å². The third-order valence-corrected chi connectivity index (χ3v) is 3.17. The Bertz CT molecular complexity index is 646. The van der Waals surface area contributed by atoms with E-state index in [1.807, 2.05) is 26.0 Å². The van der Waals surface area contributed by atoms with Crippen molar-refractivity contribution in [1.29, 1.82) is 0 Å². The van der Waals surface area contributed by atoms with Gasteiger partial charge in [-0.2, -0.15) is 5.10 Å². The zero-order valence-corrected chi connectivity index (χ0v) is 12.3. The Morgan fingerprint density at radius 3 is 2.52 bits per heavy atom. The van der Waals surface area contributed by atoms with E-state index in [4.69, 9.17) is 5.73 Å². The van der Waals surface area contributed by atoms with E-state index in [0.29, 0.717) is 23.7 Å². The molecule has 2 rings (SSSR count). The van der Waals surface area contributed by atoms with Gasteiger partial charge in [0.1, 0.15) is 5.69 Å². The molecular formula is C14H19N5O2. The van der Waals surface area contributed by atoms with Gasteiger partial charge in [0.2, 0.25) is 5.82 Å². The van der Waals surface area contributed by atoms with Crippen LogP contribution in [-0.2, 0) is 6.54 Å². The van der Waals surface area contributed by atoms with Crippen LogP contribution >= 0.6 is 0 Å². The second-order valence-corrected chi connectivity index (χ2v) is 5.17. The molecule has 0 aliphatic rings. The highest BCUT2D eigenvalue weighted by Gasteiger charge is 2.26. The number of nitro groups is 1. The molecule has 7 nitrogen and oxygen atoms in total. The van der Waals surface area contributed by atoms with Crippen molar-refractivity contribution >= 4 is 17.2 Å². The predicted molar refractivity (Wildman–Crippen MR) is 82.2 cm³/mol. The monoisotopic (exact) mass is 289 g/mol. The molecule has 112 valence electrons. The summed E-state index contributed by atoms with van der Waals surface area (Å²) in [6.45, 7) is 5.99. The van der Waals surface area contributed by atoms with Gasteiger partial charge in [-0.05, 0) is 38.5 Å². The van der Waals surface area contributed by atoms with Crippen LogP contribution in [0.1, 0.15) is 31.1 Å². The first-order chi connectivity index (χ1) is 9.90. The summed E-state index contributed by atoms with van der Waals surface area (Å²) < 4.78 is 1.64. The molecule has 0 aliphatic carbocycles. The van der Waals surface area contributed by atoms with Crippen molar-refractivity contribution in [2.45, 2.75) is 33.4 Å². The lowest BCUT2D eigenvalue weighted by atomic mass is 10.2. The van der Waals surface area contributed by atoms with E-state index in [1.54, 1.807) is 23.7 Å². The normalized spacial score (nSPS) is 10.9. The number of nitrogen functional groups attached to an aromatic ring is 1. The van der Waals surface area contributed by atoms with Crippen LogP contribution in [0, 0.1) is 17.0 Å². The molecule has 7 heteroatoms. The molecule has 0 saturated carbocycles. The second kappa shape index (κ2) is 5.82. The van der Waals surface area contributed by atoms with Crippen LogP contribution in [0.2, 0.25) is 0 Å². The molecule has 0 radical (unpaired) electrons. The Morgan fingerprint density at radius 1 is 1.38 bits per heavy atom. The Morgan fingerprint density at radius 2 is 2.00 bits per heavy atom. The summed E-state index contributed by atoms with van der Waals surface area (Å²) in [6.07, 6.45) is 0. The maximum Gasteiger partial charge on any atom is 0.333 e. The highest BCUT2D eigenvalue weighted by molar-refractivity contribution is 5.60. The third kappa shape index (κ3) is 3.13. The summed E-state index contributed by atoms with van der Waals surface area (Å²) >= 11 is 0. The molecule has 3 N–H and O–H groups in total. The third-order valence-electron chi connectivity index (χ3n) is 3.17. The molecule has 2 aromatic rings. The zero-order valence-electron chi connectivity index (χ0n) is 12.3. The molecule has 0 fully saturated rings. The number of rotatable bonds is 5. The molecule has 0 atom stereocenters. The topological polar surface area (TPSA) is 99.0 Å². The van der Waals surface area contributed by atoms with Gasteiger partial charge in [-0.1, -0.05) is 12.1 Å². The molecule has 21 heavy (non-hydrogen) atoms. The molecule has 0 saturated heterocycles. The summed E-state index contributed by atoms with van der Waals surface area (Å²) in [7, 11) is 0. The molecule has 0 unspecified atom stereocenters. The van der Waals surface area contributed by atoms with Gasteiger partial charge in [0, 0.05) is 18.3 Å². The molecule has 0 bridgehead atoms. The summed E-state index contributed by atoms with van der Waals surface area (Å²) in [5.74, 6) is 0.435. The van der Waals surface area contributed by atoms with E-state index in [9.17, 15) is 10.1 Å². The van der Waals surface area contributed by atoms with Crippen molar-refractivity contribution in [3.63, 3.8) is 0 Å². The smallest absolute Gasteiger partial charge is 0.333 e. The molecular weight excluding hydrogens is 270 g/mol. The van der Waals surface area contributed by atoms with Crippen LogP contribution in [0.3, 0.4) is 0 Å². The lowest BCUT2D eigenvalue weighted by molar-refractivity contribution is -0.384. The van der Waals surface area contributed by atoms with Crippen molar-refractivity contribution < 1.29 is 4.92 Å². The minimum absolute atomic E-state index is 0.0270. The lowest BCUT2D eigenvalue weighted by Gasteiger charge is -2.12. The van der Waals surface area contributed by atoms with E-state index < -0.39 is 4.92 Å². The number of nitrogens with one attached hydrogen (secondary N) is 1. The van der Waals surface area contributed by atoms with Crippen LogP contribution < -0.4 is 11.1 Å². The Hall–Kier alpha value is -2.57. The molecule has 1 heterocycles.